The van der Waals surface area contributed by atoms with Crippen LogP contribution in [-0.4, -0.2) is 11.7 Å². The maximum Gasteiger partial charge on any atom is 0.133 e. The van der Waals surface area contributed by atoms with E-state index in [1.807, 2.05) is 12.1 Å². The van der Waals surface area contributed by atoms with Crippen molar-refractivity contribution in [3.63, 3.8) is 0 Å². The van der Waals surface area contributed by atoms with Crippen LogP contribution in [0.3, 0.4) is 0 Å². The van der Waals surface area contributed by atoms with Gasteiger partial charge in [0.25, 0.3) is 0 Å². The molecule has 0 amide bonds. The van der Waals surface area contributed by atoms with Gasteiger partial charge >= 0.3 is 0 Å². The van der Waals surface area contributed by atoms with Gasteiger partial charge in [-0.15, -0.1) is 11.3 Å². The molecule has 0 saturated heterocycles. The third-order valence-corrected chi connectivity index (χ3v) is 3.37. The number of halogens is 1. The van der Waals surface area contributed by atoms with Gasteiger partial charge in [0.2, 0.25) is 0 Å². The van der Waals surface area contributed by atoms with Gasteiger partial charge < -0.3 is 14.8 Å². The number of thiophene rings is 1. The average molecular weight is 258 g/mol. The molecular weight excluding hydrogens is 246 g/mol. The molecule has 2 heterocycles. The first kappa shape index (κ1) is 11.7. The predicted molar refractivity (Wildman–Crippen MR) is 64.7 cm³/mol. The van der Waals surface area contributed by atoms with E-state index in [0.717, 1.165) is 9.21 Å². The Kier molecular flexibility index (Phi) is 4.01. The highest BCUT2D eigenvalue weighted by atomic mass is 35.5. The zero-order chi connectivity index (χ0) is 11.4. The lowest BCUT2D eigenvalue weighted by molar-refractivity contribution is 0.147. The molecule has 3 nitrogen and oxygen atoms in total. The van der Waals surface area contributed by atoms with Crippen molar-refractivity contribution in [2.45, 2.75) is 12.6 Å². The predicted octanol–water partition coefficient (Wildman–Crippen LogP) is 2.82. The van der Waals surface area contributed by atoms with Crippen molar-refractivity contribution in [1.29, 1.82) is 0 Å². The number of rotatable bonds is 5. The van der Waals surface area contributed by atoms with Gasteiger partial charge in [-0.25, -0.2) is 0 Å². The average Bonchev–Trinajstić information content (AvgIpc) is 2.89. The van der Waals surface area contributed by atoms with E-state index in [4.69, 9.17) is 16.0 Å². The molecule has 0 aliphatic rings. The van der Waals surface area contributed by atoms with Crippen LogP contribution in [0.25, 0.3) is 0 Å². The maximum atomic E-state index is 9.71. The summed E-state index contributed by atoms with van der Waals surface area (Å²) < 4.78 is 5.87. The molecular formula is C11H12ClNO2S. The summed E-state index contributed by atoms with van der Waals surface area (Å²) in [5.74, 6) is 0.580. The molecule has 0 saturated carbocycles. The van der Waals surface area contributed by atoms with E-state index >= 15 is 0 Å². The van der Waals surface area contributed by atoms with E-state index < -0.39 is 6.10 Å². The Labute approximate surface area is 103 Å². The second-order valence-electron chi connectivity index (χ2n) is 3.37. The second kappa shape index (κ2) is 5.50. The Bertz CT molecular complexity index is 427. The minimum atomic E-state index is -0.606. The van der Waals surface area contributed by atoms with Crippen LogP contribution in [0, 0.1) is 0 Å². The van der Waals surface area contributed by atoms with Crippen molar-refractivity contribution >= 4 is 22.9 Å². The van der Waals surface area contributed by atoms with Crippen molar-refractivity contribution in [3.8, 4) is 0 Å². The zero-order valence-electron chi connectivity index (χ0n) is 8.52. The summed E-state index contributed by atoms with van der Waals surface area (Å²) in [5, 5.41) is 12.9. The van der Waals surface area contributed by atoms with E-state index in [0.29, 0.717) is 18.8 Å². The van der Waals surface area contributed by atoms with Gasteiger partial charge in [-0.2, -0.15) is 0 Å². The second-order valence-corrected chi connectivity index (χ2v) is 5.17. The van der Waals surface area contributed by atoms with E-state index in [1.54, 1.807) is 18.4 Å². The monoisotopic (exact) mass is 257 g/mol. The van der Waals surface area contributed by atoms with Crippen LogP contribution in [0.1, 0.15) is 16.7 Å². The zero-order valence-corrected chi connectivity index (χ0v) is 10.1. The highest BCUT2D eigenvalue weighted by molar-refractivity contribution is 7.16. The molecule has 2 N–H and O–H groups in total. The van der Waals surface area contributed by atoms with Crippen molar-refractivity contribution in [2.24, 2.45) is 0 Å². The summed E-state index contributed by atoms with van der Waals surface area (Å²) in [7, 11) is 0. The Morgan fingerprint density at radius 2 is 2.31 bits per heavy atom. The van der Waals surface area contributed by atoms with Crippen LogP contribution >= 0.6 is 22.9 Å². The van der Waals surface area contributed by atoms with E-state index in [9.17, 15) is 5.11 Å². The highest BCUT2D eigenvalue weighted by Crippen LogP contribution is 2.21. The molecule has 0 fully saturated rings. The third kappa shape index (κ3) is 3.09. The fraction of sp³-hybridized carbons (Fsp3) is 0.273. The topological polar surface area (TPSA) is 45.4 Å². The molecule has 0 spiro atoms. The molecule has 86 valence electrons. The van der Waals surface area contributed by atoms with Gasteiger partial charge in [0.1, 0.15) is 11.9 Å². The lowest BCUT2D eigenvalue weighted by Gasteiger charge is -2.08. The van der Waals surface area contributed by atoms with Gasteiger partial charge in [0.05, 0.1) is 10.6 Å². The fourth-order valence-corrected chi connectivity index (χ4v) is 2.42. The number of nitrogens with one attached hydrogen (secondary N) is 1. The van der Waals surface area contributed by atoms with Crippen LogP contribution in [0.15, 0.2) is 34.9 Å². The largest absolute Gasteiger partial charge is 0.467 e. The standard InChI is InChI=1S/C11H12ClNO2S/c12-11-4-3-8(16-11)6-13-7-9(14)10-2-1-5-15-10/h1-5,9,13-14H,6-7H2. The molecule has 16 heavy (non-hydrogen) atoms. The quantitative estimate of drug-likeness (QED) is 0.866. The molecule has 1 unspecified atom stereocenters. The van der Waals surface area contributed by atoms with Crippen molar-refractivity contribution in [1.82, 2.24) is 5.32 Å². The molecule has 2 rings (SSSR count). The lowest BCUT2D eigenvalue weighted by Crippen LogP contribution is -2.20. The van der Waals surface area contributed by atoms with Crippen LogP contribution in [0.4, 0.5) is 0 Å². The first-order chi connectivity index (χ1) is 7.75. The molecule has 2 aromatic rings. The van der Waals surface area contributed by atoms with Crippen LogP contribution < -0.4 is 5.32 Å². The van der Waals surface area contributed by atoms with Gasteiger partial charge in [-0.05, 0) is 24.3 Å². The number of hydrogen-bond acceptors (Lipinski definition) is 4. The van der Waals surface area contributed by atoms with Crippen LogP contribution in [-0.2, 0) is 6.54 Å². The minimum Gasteiger partial charge on any atom is -0.467 e. The third-order valence-electron chi connectivity index (χ3n) is 2.14. The Hall–Kier alpha value is -0.810. The Morgan fingerprint density at radius 3 is 2.94 bits per heavy atom. The molecule has 0 aliphatic carbocycles. The summed E-state index contributed by atoms with van der Waals surface area (Å²) in [6.45, 7) is 1.16. The maximum absolute atomic E-state index is 9.71. The molecule has 0 bridgehead atoms. The van der Waals surface area contributed by atoms with Gasteiger partial charge in [0, 0.05) is 18.0 Å². The number of aliphatic hydroxyl groups excluding tert-OH is 1. The van der Waals surface area contributed by atoms with Gasteiger partial charge in [0.15, 0.2) is 0 Å². The Morgan fingerprint density at radius 1 is 1.44 bits per heavy atom. The normalized spacial score (nSPS) is 12.9. The van der Waals surface area contributed by atoms with Crippen LogP contribution in [0.5, 0.6) is 0 Å². The van der Waals surface area contributed by atoms with E-state index in [-0.39, 0.29) is 0 Å². The lowest BCUT2D eigenvalue weighted by atomic mass is 10.3. The number of hydrogen-bond donors (Lipinski definition) is 2. The van der Waals surface area contributed by atoms with Gasteiger partial charge in [-0.1, -0.05) is 11.6 Å². The SMILES string of the molecule is OC(CNCc1ccc(Cl)s1)c1ccco1. The first-order valence-corrected chi connectivity index (χ1v) is 6.11. The van der Waals surface area contributed by atoms with E-state index in [2.05, 4.69) is 5.32 Å². The molecule has 0 radical (unpaired) electrons. The molecule has 1 atom stereocenters. The number of furan rings is 1. The van der Waals surface area contributed by atoms with E-state index in [1.165, 1.54) is 11.3 Å². The minimum absolute atomic E-state index is 0.461. The number of aliphatic hydroxyl groups is 1. The van der Waals surface area contributed by atoms with Crippen molar-refractivity contribution in [3.05, 3.63) is 45.5 Å². The molecule has 0 aliphatic heterocycles. The van der Waals surface area contributed by atoms with Crippen LogP contribution in [0.2, 0.25) is 4.34 Å². The summed E-state index contributed by atoms with van der Waals surface area (Å²) in [6.07, 6.45) is 0.947. The summed E-state index contributed by atoms with van der Waals surface area (Å²) in [5.41, 5.74) is 0. The smallest absolute Gasteiger partial charge is 0.133 e. The van der Waals surface area contributed by atoms with Crippen molar-refractivity contribution < 1.29 is 9.52 Å². The van der Waals surface area contributed by atoms with Crippen molar-refractivity contribution in [2.75, 3.05) is 6.54 Å². The highest BCUT2D eigenvalue weighted by Gasteiger charge is 2.09. The fourth-order valence-electron chi connectivity index (χ4n) is 1.36. The summed E-state index contributed by atoms with van der Waals surface area (Å²) in [6, 6.07) is 7.36. The summed E-state index contributed by atoms with van der Waals surface area (Å²) in [4.78, 5) is 1.15. The molecule has 0 aromatic carbocycles. The molecule has 5 heteroatoms. The summed E-state index contributed by atoms with van der Waals surface area (Å²) >= 11 is 7.34. The first-order valence-electron chi connectivity index (χ1n) is 4.92. The Balaban J connectivity index is 1.76. The van der Waals surface area contributed by atoms with Gasteiger partial charge in [-0.3, -0.25) is 0 Å². The molecule has 2 aromatic heterocycles.